The zero-order valence-corrected chi connectivity index (χ0v) is 26.6. The molecule has 0 spiro atoms. The second-order valence-corrected chi connectivity index (χ2v) is 12.0. The molecule has 0 bridgehead atoms. The molecule has 2 aromatic carbocycles. The predicted octanol–water partition coefficient (Wildman–Crippen LogP) is 6.04. The van der Waals surface area contributed by atoms with Gasteiger partial charge in [0.1, 0.15) is 24.0 Å². The summed E-state index contributed by atoms with van der Waals surface area (Å²) in [6, 6.07) is 18.3. The molecule has 2 aromatic heterocycles. The van der Waals surface area contributed by atoms with Gasteiger partial charge in [-0.3, -0.25) is 4.79 Å². The van der Waals surface area contributed by atoms with E-state index in [2.05, 4.69) is 20.2 Å². The molecule has 16 heteroatoms. The summed E-state index contributed by atoms with van der Waals surface area (Å²) >= 11 is 0. The number of anilines is 2. The van der Waals surface area contributed by atoms with Crippen molar-refractivity contribution in [3.05, 3.63) is 95.8 Å². The van der Waals surface area contributed by atoms with E-state index in [1.165, 1.54) is 0 Å². The SMILES string of the molecule is O=C(CC[C@@H]1C[C@@H](Oc2ccccc2)CN1c1cc(C(F)(F)F)c(OCc2ccccc2)nn1)N1CCN(c2ncc(C(F)(F)F)cn2)CC1. The number of benzene rings is 2. The lowest BCUT2D eigenvalue weighted by molar-refractivity contribution is -0.139. The highest BCUT2D eigenvalue weighted by molar-refractivity contribution is 5.76. The molecule has 4 aromatic rings. The average molecular weight is 702 g/mol. The molecular formula is C34H33F6N7O3. The summed E-state index contributed by atoms with van der Waals surface area (Å²) in [6.45, 7) is 1.37. The number of hydrogen-bond acceptors (Lipinski definition) is 9. The van der Waals surface area contributed by atoms with E-state index in [0.717, 1.165) is 18.5 Å². The minimum atomic E-state index is -4.77. The van der Waals surface area contributed by atoms with E-state index in [-0.39, 0.29) is 43.3 Å². The largest absolute Gasteiger partial charge is 0.489 e. The van der Waals surface area contributed by atoms with E-state index >= 15 is 0 Å². The van der Waals surface area contributed by atoms with Gasteiger partial charge in [-0.05, 0) is 24.1 Å². The number of piperazine rings is 1. The molecule has 4 heterocycles. The van der Waals surface area contributed by atoms with Crippen molar-refractivity contribution in [2.45, 2.75) is 50.4 Å². The third kappa shape index (κ3) is 8.52. The molecule has 2 atom stereocenters. The van der Waals surface area contributed by atoms with E-state index in [9.17, 15) is 31.1 Å². The van der Waals surface area contributed by atoms with E-state index in [0.29, 0.717) is 50.3 Å². The van der Waals surface area contributed by atoms with Gasteiger partial charge in [-0.1, -0.05) is 48.5 Å². The Morgan fingerprint density at radius 3 is 2.14 bits per heavy atom. The molecule has 2 saturated heterocycles. The Labute approximate surface area is 283 Å². The maximum absolute atomic E-state index is 14.3. The van der Waals surface area contributed by atoms with Gasteiger partial charge in [0.2, 0.25) is 17.7 Å². The van der Waals surface area contributed by atoms with E-state index in [4.69, 9.17) is 9.47 Å². The summed E-state index contributed by atoms with van der Waals surface area (Å²) in [5.74, 6) is -0.0417. The molecule has 2 aliphatic rings. The first-order valence-electron chi connectivity index (χ1n) is 16.0. The zero-order valence-electron chi connectivity index (χ0n) is 26.6. The minimum Gasteiger partial charge on any atom is -0.489 e. The van der Waals surface area contributed by atoms with Gasteiger partial charge in [0, 0.05) is 63.5 Å². The van der Waals surface area contributed by atoms with Gasteiger partial charge in [0.25, 0.3) is 0 Å². The van der Waals surface area contributed by atoms with Crippen molar-refractivity contribution in [1.29, 1.82) is 0 Å². The Kier molecular flexibility index (Phi) is 10.2. The number of amides is 1. The van der Waals surface area contributed by atoms with Gasteiger partial charge in [-0.15, -0.1) is 10.2 Å². The van der Waals surface area contributed by atoms with Crippen LogP contribution in [0.3, 0.4) is 0 Å². The highest BCUT2D eigenvalue weighted by atomic mass is 19.4. The molecule has 2 aliphatic heterocycles. The first-order chi connectivity index (χ1) is 23.9. The van der Waals surface area contributed by atoms with Crippen LogP contribution in [0.5, 0.6) is 11.6 Å². The Hall–Kier alpha value is -5.15. The Morgan fingerprint density at radius 2 is 1.50 bits per heavy atom. The standard InChI is InChI=1S/C34H33F6N7O3/c35-33(36,37)24-19-41-32(42-20-24)46-15-13-45(14-16-46)30(48)12-11-25-17-27(50-26-9-5-2-6-10-26)21-47(25)29-18-28(34(38,39)40)31(44-43-29)49-22-23-7-3-1-4-8-23/h1-10,18-20,25,27H,11-17,21-22H2/t25-,27-/m1/s1. The van der Waals surface area contributed by atoms with Gasteiger partial charge in [0.05, 0.1) is 12.1 Å². The second kappa shape index (κ2) is 14.8. The summed E-state index contributed by atoms with van der Waals surface area (Å²) in [5, 5.41) is 7.98. The monoisotopic (exact) mass is 701 g/mol. The van der Waals surface area contributed by atoms with Crippen molar-refractivity contribution >= 4 is 17.7 Å². The zero-order chi connectivity index (χ0) is 35.3. The van der Waals surface area contributed by atoms with Crippen molar-refractivity contribution in [2.75, 3.05) is 42.5 Å². The minimum absolute atomic E-state index is 0.00819. The Balaban J connectivity index is 1.13. The van der Waals surface area contributed by atoms with Crippen LogP contribution in [0.1, 0.15) is 36.0 Å². The van der Waals surface area contributed by atoms with Crippen molar-refractivity contribution < 1.29 is 40.6 Å². The van der Waals surface area contributed by atoms with Crippen molar-refractivity contribution in [2.24, 2.45) is 0 Å². The molecule has 1 amide bonds. The van der Waals surface area contributed by atoms with Crippen molar-refractivity contribution in [3.8, 4) is 11.6 Å². The normalized spacial score (nSPS) is 18.3. The van der Waals surface area contributed by atoms with Crippen molar-refractivity contribution in [3.63, 3.8) is 0 Å². The lowest BCUT2D eigenvalue weighted by atomic mass is 10.1. The first-order valence-corrected chi connectivity index (χ1v) is 16.0. The number of hydrogen-bond donors (Lipinski definition) is 0. The lowest BCUT2D eigenvalue weighted by Gasteiger charge is -2.35. The number of nitrogens with zero attached hydrogens (tertiary/aromatic N) is 7. The van der Waals surface area contributed by atoms with E-state index in [1.54, 1.807) is 57.2 Å². The Morgan fingerprint density at radius 1 is 0.840 bits per heavy atom. The Bertz CT molecular complexity index is 1720. The summed E-state index contributed by atoms with van der Waals surface area (Å²) in [4.78, 5) is 26.0. The maximum atomic E-state index is 14.3. The van der Waals surface area contributed by atoms with Gasteiger partial charge in [-0.2, -0.15) is 26.3 Å². The van der Waals surface area contributed by atoms with E-state index < -0.39 is 35.5 Å². The van der Waals surface area contributed by atoms with Gasteiger partial charge in [-0.25, -0.2) is 9.97 Å². The molecule has 0 unspecified atom stereocenters. The van der Waals surface area contributed by atoms with Crippen molar-refractivity contribution in [1.82, 2.24) is 25.1 Å². The predicted molar refractivity (Wildman–Crippen MR) is 169 cm³/mol. The molecule has 0 N–H and O–H groups in total. The first kappa shape index (κ1) is 34.7. The van der Waals surface area contributed by atoms with Crippen LogP contribution in [0.2, 0.25) is 0 Å². The molecule has 2 fully saturated rings. The molecular weight excluding hydrogens is 668 g/mol. The van der Waals surface area contributed by atoms with Crippen LogP contribution in [0, 0.1) is 0 Å². The summed E-state index contributed by atoms with van der Waals surface area (Å²) in [5.41, 5.74) is -1.33. The molecule has 0 aliphatic carbocycles. The number of aromatic nitrogens is 4. The fourth-order valence-corrected chi connectivity index (χ4v) is 5.99. The van der Waals surface area contributed by atoms with Crippen LogP contribution in [0.15, 0.2) is 79.1 Å². The number of alkyl halides is 6. The van der Waals surface area contributed by atoms with E-state index in [1.807, 2.05) is 18.2 Å². The molecule has 6 rings (SSSR count). The smallest absolute Gasteiger partial charge is 0.421 e. The number of ether oxygens (including phenoxy) is 2. The maximum Gasteiger partial charge on any atom is 0.421 e. The fraction of sp³-hybridized carbons (Fsp3) is 0.382. The lowest BCUT2D eigenvalue weighted by Crippen LogP contribution is -2.49. The quantitative estimate of drug-likeness (QED) is 0.184. The molecule has 0 saturated carbocycles. The third-order valence-electron chi connectivity index (χ3n) is 8.56. The van der Waals surface area contributed by atoms with Crippen LogP contribution in [-0.2, 0) is 23.8 Å². The number of para-hydroxylation sites is 1. The number of halogens is 6. The molecule has 50 heavy (non-hydrogen) atoms. The average Bonchev–Trinajstić information content (AvgIpc) is 3.52. The fourth-order valence-electron chi connectivity index (χ4n) is 5.99. The summed E-state index contributed by atoms with van der Waals surface area (Å²) in [6.07, 6.45) is -7.40. The molecule has 10 nitrogen and oxygen atoms in total. The number of rotatable bonds is 10. The number of carbonyl (C=O) groups is 1. The van der Waals surface area contributed by atoms with Crippen LogP contribution < -0.4 is 19.3 Å². The summed E-state index contributed by atoms with van der Waals surface area (Å²) < 4.78 is 93.1. The highest BCUT2D eigenvalue weighted by Gasteiger charge is 2.40. The van der Waals surface area contributed by atoms with Crippen LogP contribution in [-0.4, -0.2) is 75.8 Å². The van der Waals surface area contributed by atoms with Gasteiger partial charge < -0.3 is 24.2 Å². The topological polar surface area (TPSA) is 96.8 Å². The van der Waals surface area contributed by atoms with Gasteiger partial charge >= 0.3 is 12.4 Å². The third-order valence-corrected chi connectivity index (χ3v) is 8.56. The van der Waals surface area contributed by atoms with Gasteiger partial charge in [0.15, 0.2) is 5.82 Å². The van der Waals surface area contributed by atoms with Crippen LogP contribution in [0.4, 0.5) is 38.1 Å². The summed E-state index contributed by atoms with van der Waals surface area (Å²) in [7, 11) is 0. The highest BCUT2D eigenvalue weighted by Crippen LogP contribution is 2.39. The number of carbonyl (C=O) groups excluding carboxylic acids is 1. The second-order valence-electron chi connectivity index (χ2n) is 12.0. The van der Waals surface area contributed by atoms with Crippen LogP contribution >= 0.6 is 0 Å². The molecule has 0 radical (unpaired) electrons. The molecule has 264 valence electrons. The van der Waals surface area contributed by atoms with Crippen LogP contribution in [0.25, 0.3) is 0 Å².